The summed E-state index contributed by atoms with van der Waals surface area (Å²) >= 11 is 0. The van der Waals surface area contributed by atoms with Crippen molar-refractivity contribution in [1.29, 1.82) is 0 Å². The first-order chi connectivity index (χ1) is 7.69. The Balaban J connectivity index is 3.37. The zero-order chi connectivity index (χ0) is 12.1. The lowest BCUT2D eigenvalue weighted by molar-refractivity contribution is 0.336. The highest BCUT2D eigenvalue weighted by Crippen LogP contribution is 2.41. The number of hydrogen-bond donors (Lipinski definition) is 1. The van der Waals surface area contributed by atoms with Crippen molar-refractivity contribution in [3.63, 3.8) is 0 Å². The summed E-state index contributed by atoms with van der Waals surface area (Å²) in [4.78, 5) is 0. The minimum absolute atomic E-state index is 0.0988. The van der Waals surface area contributed by atoms with Crippen LogP contribution in [0.5, 0.6) is 17.2 Å². The van der Waals surface area contributed by atoms with Crippen molar-refractivity contribution in [3.05, 3.63) is 17.2 Å². The maximum atomic E-state index is 9.94. The quantitative estimate of drug-likeness (QED) is 0.835. The molecule has 0 fully saturated rings. The van der Waals surface area contributed by atoms with E-state index in [2.05, 4.69) is 13.8 Å². The van der Waals surface area contributed by atoms with Crippen LogP contribution in [0.1, 0.15) is 31.4 Å². The zero-order valence-corrected chi connectivity index (χ0v) is 10.5. The summed E-state index contributed by atoms with van der Waals surface area (Å²) < 4.78 is 10.4. The lowest BCUT2D eigenvalue weighted by Gasteiger charge is -2.16. The molecule has 0 unspecified atom stereocenters. The lowest BCUT2D eigenvalue weighted by atomic mass is 9.99. The van der Waals surface area contributed by atoms with E-state index in [0.717, 1.165) is 24.8 Å². The van der Waals surface area contributed by atoms with Gasteiger partial charge in [0.2, 0.25) is 5.75 Å². The van der Waals surface area contributed by atoms with E-state index in [4.69, 9.17) is 9.47 Å². The molecule has 0 saturated carbocycles. The third-order valence-corrected chi connectivity index (χ3v) is 2.71. The van der Waals surface area contributed by atoms with Crippen molar-refractivity contribution < 1.29 is 14.6 Å². The van der Waals surface area contributed by atoms with E-state index in [1.54, 1.807) is 14.2 Å². The number of phenolic OH excluding ortho intramolecular Hbond substituents is 1. The van der Waals surface area contributed by atoms with Gasteiger partial charge in [0.25, 0.3) is 0 Å². The molecule has 0 heterocycles. The predicted molar refractivity (Wildman–Crippen MR) is 64.6 cm³/mol. The van der Waals surface area contributed by atoms with Gasteiger partial charge in [-0.25, -0.2) is 0 Å². The molecule has 1 aromatic rings. The maximum absolute atomic E-state index is 9.94. The molecule has 1 rings (SSSR count). The van der Waals surface area contributed by atoms with Crippen molar-refractivity contribution in [3.8, 4) is 17.2 Å². The lowest BCUT2D eigenvalue weighted by Crippen LogP contribution is -2.00. The summed E-state index contributed by atoms with van der Waals surface area (Å²) in [5.41, 5.74) is 2.26. The first-order valence-electron chi connectivity index (χ1n) is 5.65. The molecule has 0 saturated heterocycles. The molecular formula is C13H20O3. The Kier molecular flexibility index (Phi) is 4.47. The Bertz CT molecular complexity index is 359. The summed E-state index contributed by atoms with van der Waals surface area (Å²) in [6, 6.07) is 1.90. The minimum atomic E-state index is 0.0988. The van der Waals surface area contributed by atoms with Gasteiger partial charge in [0, 0.05) is 5.56 Å². The first-order valence-corrected chi connectivity index (χ1v) is 5.65. The fourth-order valence-corrected chi connectivity index (χ4v) is 1.97. The zero-order valence-electron chi connectivity index (χ0n) is 10.5. The summed E-state index contributed by atoms with van der Waals surface area (Å²) in [7, 11) is 3.12. The van der Waals surface area contributed by atoms with E-state index >= 15 is 0 Å². The molecule has 0 aliphatic carbocycles. The number of rotatable bonds is 5. The number of aromatic hydroxyl groups is 1. The number of benzene rings is 1. The van der Waals surface area contributed by atoms with Crippen LogP contribution in [0, 0.1) is 0 Å². The monoisotopic (exact) mass is 224 g/mol. The summed E-state index contributed by atoms with van der Waals surface area (Å²) in [6.45, 7) is 4.19. The molecule has 0 bridgehead atoms. The van der Waals surface area contributed by atoms with Gasteiger partial charge in [0.05, 0.1) is 14.2 Å². The Hall–Kier alpha value is -1.38. The molecule has 1 aromatic carbocycles. The maximum Gasteiger partial charge on any atom is 0.201 e. The number of methoxy groups -OCH3 is 2. The highest BCUT2D eigenvalue weighted by Gasteiger charge is 2.17. The second-order valence-electron chi connectivity index (χ2n) is 3.70. The van der Waals surface area contributed by atoms with Crippen LogP contribution in [0.2, 0.25) is 0 Å². The van der Waals surface area contributed by atoms with E-state index in [0.29, 0.717) is 11.5 Å². The molecule has 0 amide bonds. The first kappa shape index (κ1) is 12.7. The number of hydrogen-bond acceptors (Lipinski definition) is 3. The SMILES string of the molecule is CCCc1cc(OC)c(O)c(OC)c1CC. The molecule has 0 aliphatic rings. The number of phenols is 1. The van der Waals surface area contributed by atoms with Crippen molar-refractivity contribution in [2.24, 2.45) is 0 Å². The van der Waals surface area contributed by atoms with Crippen molar-refractivity contribution >= 4 is 0 Å². The van der Waals surface area contributed by atoms with E-state index in [1.807, 2.05) is 6.07 Å². The molecule has 3 heteroatoms. The Labute approximate surface area is 97.0 Å². The summed E-state index contributed by atoms with van der Waals surface area (Å²) in [5.74, 6) is 1.13. The van der Waals surface area contributed by atoms with Gasteiger partial charge in [-0.3, -0.25) is 0 Å². The molecule has 1 N–H and O–H groups in total. The van der Waals surface area contributed by atoms with Crippen LogP contribution in [-0.4, -0.2) is 19.3 Å². The normalized spacial score (nSPS) is 10.2. The molecule has 90 valence electrons. The topological polar surface area (TPSA) is 38.7 Å². The third kappa shape index (κ3) is 2.23. The molecule has 0 aliphatic heterocycles. The average Bonchev–Trinajstić information content (AvgIpc) is 2.30. The van der Waals surface area contributed by atoms with Crippen LogP contribution < -0.4 is 9.47 Å². The van der Waals surface area contributed by atoms with Crippen LogP contribution in [0.3, 0.4) is 0 Å². The highest BCUT2D eigenvalue weighted by molar-refractivity contribution is 5.58. The molecule has 16 heavy (non-hydrogen) atoms. The molecule has 3 nitrogen and oxygen atoms in total. The molecule has 0 aromatic heterocycles. The van der Waals surface area contributed by atoms with E-state index < -0.39 is 0 Å². The van der Waals surface area contributed by atoms with Crippen molar-refractivity contribution in [1.82, 2.24) is 0 Å². The van der Waals surface area contributed by atoms with Crippen molar-refractivity contribution in [2.45, 2.75) is 33.1 Å². The van der Waals surface area contributed by atoms with Gasteiger partial charge >= 0.3 is 0 Å². The van der Waals surface area contributed by atoms with Crippen LogP contribution >= 0.6 is 0 Å². The number of aryl methyl sites for hydroxylation is 1. The van der Waals surface area contributed by atoms with Gasteiger partial charge in [0.1, 0.15) is 0 Å². The highest BCUT2D eigenvalue weighted by atomic mass is 16.5. The van der Waals surface area contributed by atoms with Gasteiger partial charge in [-0.2, -0.15) is 0 Å². The summed E-state index contributed by atoms with van der Waals surface area (Å²) in [5, 5.41) is 9.94. The Morgan fingerprint density at radius 1 is 1.19 bits per heavy atom. The van der Waals surface area contributed by atoms with Gasteiger partial charge < -0.3 is 14.6 Å². The largest absolute Gasteiger partial charge is 0.502 e. The molecule has 0 atom stereocenters. The average molecular weight is 224 g/mol. The predicted octanol–water partition coefficient (Wildman–Crippen LogP) is 2.92. The third-order valence-electron chi connectivity index (χ3n) is 2.71. The fourth-order valence-electron chi connectivity index (χ4n) is 1.97. The van der Waals surface area contributed by atoms with Crippen LogP contribution in [0.25, 0.3) is 0 Å². The van der Waals surface area contributed by atoms with Gasteiger partial charge in [-0.15, -0.1) is 0 Å². The molecule has 0 spiro atoms. The van der Waals surface area contributed by atoms with E-state index in [-0.39, 0.29) is 5.75 Å². The van der Waals surface area contributed by atoms with Crippen LogP contribution in [0.4, 0.5) is 0 Å². The minimum Gasteiger partial charge on any atom is -0.502 e. The Morgan fingerprint density at radius 3 is 2.31 bits per heavy atom. The number of ether oxygens (including phenoxy) is 2. The van der Waals surface area contributed by atoms with Crippen LogP contribution in [-0.2, 0) is 12.8 Å². The van der Waals surface area contributed by atoms with Crippen molar-refractivity contribution in [2.75, 3.05) is 14.2 Å². The molecular weight excluding hydrogens is 204 g/mol. The summed E-state index contributed by atoms with van der Waals surface area (Å²) in [6.07, 6.45) is 2.87. The van der Waals surface area contributed by atoms with Gasteiger partial charge in [-0.1, -0.05) is 20.3 Å². The smallest absolute Gasteiger partial charge is 0.201 e. The Morgan fingerprint density at radius 2 is 1.88 bits per heavy atom. The molecule has 0 radical (unpaired) electrons. The van der Waals surface area contributed by atoms with Gasteiger partial charge in [-0.05, 0) is 24.5 Å². The van der Waals surface area contributed by atoms with E-state index in [1.165, 1.54) is 5.56 Å². The van der Waals surface area contributed by atoms with E-state index in [9.17, 15) is 5.11 Å². The standard InChI is InChI=1S/C13H20O3/c1-5-7-9-8-11(15-3)12(14)13(16-4)10(9)6-2/h8,14H,5-7H2,1-4H3. The fraction of sp³-hybridized carbons (Fsp3) is 0.538. The second kappa shape index (κ2) is 5.64. The van der Waals surface area contributed by atoms with Crippen LogP contribution in [0.15, 0.2) is 6.07 Å². The second-order valence-corrected chi connectivity index (χ2v) is 3.70. The van der Waals surface area contributed by atoms with Gasteiger partial charge in [0.15, 0.2) is 11.5 Å².